The Morgan fingerprint density at radius 2 is 1.84 bits per heavy atom. The number of aryl methyl sites for hydroxylation is 2. The topological polar surface area (TPSA) is 59.8 Å². The summed E-state index contributed by atoms with van der Waals surface area (Å²) in [6.45, 7) is 1.92. The third-order valence-corrected chi connectivity index (χ3v) is 5.51. The lowest BCUT2D eigenvalue weighted by atomic mass is 10.1. The fraction of sp³-hybridized carbons (Fsp3) is 0.211. The molecule has 0 saturated heterocycles. The molecule has 1 amide bonds. The molecule has 0 spiro atoms. The Bertz CT molecular complexity index is 907. The van der Waals surface area contributed by atoms with E-state index < -0.39 is 0 Å². The van der Waals surface area contributed by atoms with E-state index in [9.17, 15) is 4.79 Å². The standard InChI is InChI=1S/C19H18N4OS/c1-13-21-22-19(23(13)15-8-3-2-4-9-15)25-17-12-11-14-7-5-6-10-16(14)20-18(17)24/h2-10,17H,11-12H2,1H3,(H,20,24)/t17-/m1/s1. The van der Waals surface area contributed by atoms with Gasteiger partial charge in [-0.25, -0.2) is 0 Å². The van der Waals surface area contributed by atoms with Crippen molar-refractivity contribution in [2.45, 2.75) is 30.2 Å². The predicted molar refractivity (Wildman–Crippen MR) is 99.1 cm³/mol. The van der Waals surface area contributed by atoms with Crippen molar-refractivity contribution in [3.63, 3.8) is 0 Å². The van der Waals surface area contributed by atoms with E-state index in [1.165, 1.54) is 17.3 Å². The van der Waals surface area contributed by atoms with Crippen LogP contribution in [0.4, 0.5) is 5.69 Å². The summed E-state index contributed by atoms with van der Waals surface area (Å²) in [6, 6.07) is 18.0. The van der Waals surface area contributed by atoms with Gasteiger partial charge in [0, 0.05) is 11.4 Å². The number of nitrogens with zero attached hydrogens (tertiary/aromatic N) is 3. The van der Waals surface area contributed by atoms with Crippen molar-refractivity contribution in [2.75, 3.05) is 5.32 Å². The zero-order valence-electron chi connectivity index (χ0n) is 13.8. The van der Waals surface area contributed by atoms with E-state index in [2.05, 4.69) is 21.6 Å². The number of hydrogen-bond acceptors (Lipinski definition) is 4. The van der Waals surface area contributed by atoms with Crippen LogP contribution in [0, 0.1) is 6.92 Å². The van der Waals surface area contributed by atoms with Crippen molar-refractivity contribution in [1.29, 1.82) is 0 Å². The maximum Gasteiger partial charge on any atom is 0.237 e. The molecule has 1 N–H and O–H groups in total. The Balaban J connectivity index is 1.61. The monoisotopic (exact) mass is 350 g/mol. The maximum atomic E-state index is 12.6. The second-order valence-corrected chi connectivity index (χ2v) is 7.16. The molecular weight excluding hydrogens is 332 g/mol. The number of aromatic nitrogens is 3. The van der Waals surface area contributed by atoms with E-state index in [1.54, 1.807) is 0 Å². The van der Waals surface area contributed by atoms with E-state index in [4.69, 9.17) is 0 Å². The van der Waals surface area contributed by atoms with Gasteiger partial charge in [-0.2, -0.15) is 0 Å². The Hall–Kier alpha value is -2.60. The minimum absolute atomic E-state index is 0.0233. The van der Waals surface area contributed by atoms with Gasteiger partial charge in [-0.3, -0.25) is 9.36 Å². The van der Waals surface area contributed by atoms with E-state index in [0.717, 1.165) is 35.2 Å². The molecule has 1 aliphatic rings. The van der Waals surface area contributed by atoms with Crippen LogP contribution in [0.5, 0.6) is 0 Å². The lowest BCUT2D eigenvalue weighted by molar-refractivity contribution is -0.115. The summed E-state index contributed by atoms with van der Waals surface area (Å²) in [5, 5.41) is 12.1. The Morgan fingerprint density at radius 3 is 2.68 bits per heavy atom. The summed E-state index contributed by atoms with van der Waals surface area (Å²) >= 11 is 1.48. The lowest BCUT2D eigenvalue weighted by Gasteiger charge is -2.14. The predicted octanol–water partition coefficient (Wildman–Crippen LogP) is 3.62. The number of amides is 1. The van der Waals surface area contributed by atoms with Crippen LogP contribution in [0.25, 0.3) is 5.69 Å². The first-order valence-corrected chi connectivity index (χ1v) is 9.13. The molecule has 2 heterocycles. The van der Waals surface area contributed by atoms with Crippen molar-refractivity contribution in [3.05, 3.63) is 66.0 Å². The first kappa shape index (κ1) is 15.9. The second kappa shape index (κ2) is 6.72. The van der Waals surface area contributed by atoms with Crippen molar-refractivity contribution >= 4 is 23.4 Å². The third kappa shape index (κ3) is 3.17. The number of hydrogen-bond donors (Lipinski definition) is 1. The van der Waals surface area contributed by atoms with Crippen LogP contribution >= 0.6 is 11.8 Å². The van der Waals surface area contributed by atoms with E-state index in [-0.39, 0.29) is 11.2 Å². The van der Waals surface area contributed by atoms with Gasteiger partial charge in [-0.15, -0.1) is 10.2 Å². The largest absolute Gasteiger partial charge is 0.325 e. The summed E-state index contributed by atoms with van der Waals surface area (Å²) in [7, 11) is 0. The molecule has 4 rings (SSSR count). The van der Waals surface area contributed by atoms with Crippen molar-refractivity contribution in [2.24, 2.45) is 0 Å². The highest BCUT2D eigenvalue weighted by molar-refractivity contribution is 8.00. The van der Waals surface area contributed by atoms with E-state index >= 15 is 0 Å². The van der Waals surface area contributed by atoms with Gasteiger partial charge in [-0.1, -0.05) is 48.2 Å². The molecule has 0 unspecified atom stereocenters. The molecule has 3 aromatic rings. The highest BCUT2D eigenvalue weighted by Gasteiger charge is 2.27. The van der Waals surface area contributed by atoms with E-state index in [0.29, 0.717) is 0 Å². The van der Waals surface area contributed by atoms with Crippen LogP contribution in [-0.2, 0) is 11.2 Å². The molecule has 0 radical (unpaired) electrons. The molecule has 0 bridgehead atoms. The van der Waals surface area contributed by atoms with Gasteiger partial charge in [0.15, 0.2) is 5.16 Å². The molecule has 126 valence electrons. The van der Waals surface area contributed by atoms with Crippen LogP contribution in [0.15, 0.2) is 59.8 Å². The zero-order valence-corrected chi connectivity index (χ0v) is 14.7. The van der Waals surface area contributed by atoms with Crippen LogP contribution in [0.3, 0.4) is 0 Å². The number of anilines is 1. The number of para-hydroxylation sites is 2. The minimum Gasteiger partial charge on any atom is -0.325 e. The molecule has 0 saturated carbocycles. The first-order chi connectivity index (χ1) is 12.2. The fourth-order valence-electron chi connectivity index (χ4n) is 3.02. The average Bonchev–Trinajstić information content (AvgIpc) is 2.92. The normalized spacial score (nSPS) is 16.8. The molecule has 0 aliphatic carbocycles. The lowest BCUT2D eigenvalue weighted by Crippen LogP contribution is -2.24. The van der Waals surface area contributed by atoms with E-state index in [1.807, 2.05) is 60.0 Å². The fourth-order valence-corrected chi connectivity index (χ4v) is 4.11. The van der Waals surface area contributed by atoms with Crippen LogP contribution in [0.2, 0.25) is 0 Å². The van der Waals surface area contributed by atoms with Crippen molar-refractivity contribution < 1.29 is 4.79 Å². The Kier molecular flexibility index (Phi) is 4.28. The third-order valence-electron chi connectivity index (χ3n) is 4.30. The number of nitrogens with one attached hydrogen (secondary N) is 1. The number of thioether (sulfide) groups is 1. The van der Waals surface area contributed by atoms with Crippen LogP contribution in [0.1, 0.15) is 17.8 Å². The molecule has 6 heteroatoms. The number of benzene rings is 2. The molecule has 2 aromatic carbocycles. The quantitative estimate of drug-likeness (QED) is 0.784. The highest BCUT2D eigenvalue weighted by Crippen LogP contribution is 2.32. The van der Waals surface area contributed by atoms with Gasteiger partial charge in [-0.05, 0) is 43.5 Å². The van der Waals surface area contributed by atoms with Gasteiger partial charge < -0.3 is 5.32 Å². The Morgan fingerprint density at radius 1 is 1.08 bits per heavy atom. The van der Waals surface area contributed by atoms with Crippen LogP contribution in [-0.4, -0.2) is 25.9 Å². The summed E-state index contributed by atoms with van der Waals surface area (Å²) in [4.78, 5) is 12.6. The summed E-state index contributed by atoms with van der Waals surface area (Å²) in [5.41, 5.74) is 3.10. The smallest absolute Gasteiger partial charge is 0.237 e. The summed E-state index contributed by atoms with van der Waals surface area (Å²) < 4.78 is 2.00. The molecule has 1 aromatic heterocycles. The molecule has 5 nitrogen and oxygen atoms in total. The van der Waals surface area contributed by atoms with Crippen molar-refractivity contribution in [3.8, 4) is 5.69 Å². The summed E-state index contributed by atoms with van der Waals surface area (Å²) in [5.74, 6) is 0.834. The number of carbonyl (C=O) groups excluding carboxylic acids is 1. The molecule has 25 heavy (non-hydrogen) atoms. The van der Waals surface area contributed by atoms with Gasteiger partial charge in [0.1, 0.15) is 5.82 Å². The Labute approximate surface area is 150 Å². The van der Waals surface area contributed by atoms with Gasteiger partial charge in [0.2, 0.25) is 5.91 Å². The SMILES string of the molecule is Cc1nnc(S[C@@H]2CCc3ccccc3NC2=O)n1-c1ccccc1. The number of rotatable bonds is 3. The maximum absolute atomic E-state index is 12.6. The number of carbonyl (C=O) groups is 1. The van der Waals surface area contributed by atoms with Gasteiger partial charge in [0.25, 0.3) is 0 Å². The van der Waals surface area contributed by atoms with Crippen molar-refractivity contribution in [1.82, 2.24) is 14.8 Å². The van der Waals surface area contributed by atoms with Gasteiger partial charge >= 0.3 is 0 Å². The average molecular weight is 350 g/mol. The molecule has 0 fully saturated rings. The van der Waals surface area contributed by atoms with Crippen LogP contribution < -0.4 is 5.32 Å². The number of fused-ring (bicyclic) bond motifs is 1. The van der Waals surface area contributed by atoms with Gasteiger partial charge in [0.05, 0.1) is 5.25 Å². The second-order valence-electron chi connectivity index (χ2n) is 5.99. The molecule has 1 aliphatic heterocycles. The zero-order chi connectivity index (χ0) is 17.2. The summed E-state index contributed by atoms with van der Waals surface area (Å²) in [6.07, 6.45) is 1.64. The minimum atomic E-state index is -0.196. The highest BCUT2D eigenvalue weighted by atomic mass is 32.2. The molecular formula is C19H18N4OS. The molecule has 1 atom stereocenters. The first-order valence-electron chi connectivity index (χ1n) is 8.25.